The second-order valence-electron chi connectivity index (χ2n) is 9.68. The van der Waals surface area contributed by atoms with Gasteiger partial charge in [-0.05, 0) is 65.8 Å². The molecule has 0 aliphatic heterocycles. The molecule has 1 fully saturated rings. The zero-order chi connectivity index (χ0) is 28.3. The Morgan fingerprint density at radius 1 is 0.975 bits per heavy atom. The van der Waals surface area contributed by atoms with E-state index in [1.807, 2.05) is 48.5 Å². The van der Waals surface area contributed by atoms with Crippen LogP contribution in [0.25, 0.3) is 0 Å². The van der Waals surface area contributed by atoms with Crippen LogP contribution in [0.1, 0.15) is 65.1 Å². The first kappa shape index (κ1) is 28.9. The summed E-state index contributed by atoms with van der Waals surface area (Å²) in [6.45, 7) is 0.703. The number of hydrogen-bond donors (Lipinski definition) is 4. The van der Waals surface area contributed by atoms with Gasteiger partial charge in [0.25, 0.3) is 11.9 Å². The fourth-order valence-electron chi connectivity index (χ4n) is 4.86. The Labute approximate surface area is 243 Å². The average Bonchev–Trinajstić information content (AvgIpc) is 3.00. The zero-order valence-electron chi connectivity index (χ0n) is 22.5. The zero-order valence-corrected chi connectivity index (χ0v) is 24.1. The van der Waals surface area contributed by atoms with Crippen molar-refractivity contribution in [1.29, 1.82) is 5.53 Å². The van der Waals surface area contributed by atoms with E-state index in [0.29, 0.717) is 24.6 Å². The standard InChI is InChI=1S/C30H34BrN7O2/c1-33-37-29(36-32)35-28(39)24-13-11-21(12-14-24)20-38(30(40)34-19-25-9-5-6-10-27(25)31)26-17-15-23(16-18-26)22-7-3-2-4-8-22/h5-6,9-18,22,32-33H,2-4,7-8,19-20H2,1H3,(H,34,40)(H,35,37,39). The topological polar surface area (TPSA) is 122 Å². The van der Waals surface area contributed by atoms with Gasteiger partial charge in [0, 0.05) is 29.3 Å². The number of carbonyl (C=O) groups is 2. The number of nitrogens with zero attached hydrogens (tertiary/aromatic N) is 3. The Bertz CT molecular complexity index is 1340. The first-order valence-corrected chi connectivity index (χ1v) is 14.2. The largest absolute Gasteiger partial charge is 0.334 e. The molecule has 0 unspecified atom stereocenters. The molecule has 0 heterocycles. The molecule has 3 aromatic rings. The van der Waals surface area contributed by atoms with Crippen LogP contribution in [0.5, 0.6) is 0 Å². The van der Waals surface area contributed by atoms with Crippen molar-refractivity contribution in [3.63, 3.8) is 0 Å². The molecule has 3 amide bonds. The molecule has 0 atom stereocenters. The molecule has 0 bridgehead atoms. The molecule has 0 radical (unpaired) electrons. The number of carbonyl (C=O) groups excluding carboxylic acids is 2. The number of halogens is 1. The Morgan fingerprint density at radius 3 is 2.33 bits per heavy atom. The summed E-state index contributed by atoms with van der Waals surface area (Å²) in [7, 11) is 1.55. The number of rotatable bonds is 8. The summed E-state index contributed by atoms with van der Waals surface area (Å²) in [5.74, 6) is 0.0137. The van der Waals surface area contributed by atoms with Crippen molar-refractivity contribution in [2.45, 2.75) is 51.1 Å². The maximum atomic E-state index is 13.5. The van der Waals surface area contributed by atoms with Gasteiger partial charge in [-0.3, -0.25) is 15.0 Å². The molecule has 4 rings (SSSR count). The summed E-state index contributed by atoms with van der Waals surface area (Å²) < 4.78 is 0.939. The Morgan fingerprint density at radius 2 is 1.68 bits per heavy atom. The van der Waals surface area contributed by atoms with E-state index in [1.54, 1.807) is 24.1 Å². The molecule has 3 aromatic carbocycles. The van der Waals surface area contributed by atoms with Crippen LogP contribution >= 0.6 is 15.9 Å². The van der Waals surface area contributed by atoms with Gasteiger partial charge in [0.2, 0.25) is 0 Å². The fraction of sp³-hybridized carbons (Fsp3) is 0.300. The lowest BCUT2D eigenvalue weighted by molar-refractivity contribution is 0.0976. The van der Waals surface area contributed by atoms with Gasteiger partial charge in [-0.1, -0.05) is 77.7 Å². The van der Waals surface area contributed by atoms with Gasteiger partial charge >= 0.3 is 6.03 Å². The van der Waals surface area contributed by atoms with Crippen molar-refractivity contribution in [3.05, 3.63) is 99.5 Å². The summed E-state index contributed by atoms with van der Waals surface area (Å²) in [5.41, 5.74) is 14.0. The molecular weight excluding hydrogens is 570 g/mol. The van der Waals surface area contributed by atoms with E-state index in [2.05, 4.69) is 54.3 Å². The number of nitrogens with one attached hydrogen (secondary N) is 4. The number of guanidine groups is 1. The molecular formula is C30H34BrN7O2. The van der Waals surface area contributed by atoms with Gasteiger partial charge in [-0.25, -0.2) is 10.3 Å². The molecule has 0 spiro atoms. The van der Waals surface area contributed by atoms with Crippen molar-refractivity contribution < 1.29 is 9.59 Å². The minimum atomic E-state index is -0.433. The summed E-state index contributed by atoms with van der Waals surface area (Å²) in [6.07, 6.45) is 6.28. The van der Waals surface area contributed by atoms with Crippen LogP contribution in [0.4, 0.5) is 10.5 Å². The quantitative estimate of drug-likeness (QED) is 0.0995. The second kappa shape index (κ2) is 14.4. The SMILES string of the molecule is CN/N=C(\N=N)NC(=O)c1ccc(CN(C(=O)NCc2ccccc2Br)c2ccc(C3CCCCC3)cc2)cc1. The maximum absolute atomic E-state index is 13.5. The lowest BCUT2D eigenvalue weighted by atomic mass is 9.84. The normalized spacial score (nSPS) is 13.8. The van der Waals surface area contributed by atoms with E-state index in [-0.39, 0.29) is 12.0 Å². The van der Waals surface area contributed by atoms with Crippen molar-refractivity contribution in [1.82, 2.24) is 16.1 Å². The maximum Gasteiger partial charge on any atom is 0.322 e. The molecule has 9 nitrogen and oxygen atoms in total. The van der Waals surface area contributed by atoms with Gasteiger partial charge in [-0.2, -0.15) is 0 Å². The lowest BCUT2D eigenvalue weighted by Gasteiger charge is -2.26. The van der Waals surface area contributed by atoms with E-state index in [4.69, 9.17) is 5.53 Å². The second-order valence-corrected chi connectivity index (χ2v) is 10.5. The molecule has 1 aliphatic carbocycles. The smallest absolute Gasteiger partial charge is 0.322 e. The molecule has 1 saturated carbocycles. The van der Waals surface area contributed by atoms with Crippen LogP contribution in [-0.4, -0.2) is 24.9 Å². The van der Waals surface area contributed by atoms with Crippen LogP contribution in [0.15, 0.2) is 87.5 Å². The summed E-state index contributed by atoms with van der Waals surface area (Å²) >= 11 is 3.55. The van der Waals surface area contributed by atoms with Crippen LogP contribution in [0, 0.1) is 5.53 Å². The van der Waals surface area contributed by atoms with E-state index in [0.717, 1.165) is 21.3 Å². The monoisotopic (exact) mass is 603 g/mol. The van der Waals surface area contributed by atoms with Crippen LogP contribution in [0.3, 0.4) is 0 Å². The van der Waals surface area contributed by atoms with Crippen molar-refractivity contribution in [2.75, 3.05) is 11.9 Å². The summed E-state index contributed by atoms with van der Waals surface area (Å²) in [4.78, 5) is 27.7. The van der Waals surface area contributed by atoms with E-state index >= 15 is 0 Å². The van der Waals surface area contributed by atoms with Gasteiger partial charge in [-0.15, -0.1) is 10.2 Å². The van der Waals surface area contributed by atoms with Crippen LogP contribution in [0.2, 0.25) is 0 Å². The number of hydrogen-bond acceptors (Lipinski definition) is 5. The molecule has 208 valence electrons. The molecule has 1 aliphatic rings. The third kappa shape index (κ3) is 7.75. The van der Waals surface area contributed by atoms with E-state index in [9.17, 15) is 9.59 Å². The minimum absolute atomic E-state index is 0.138. The van der Waals surface area contributed by atoms with Gasteiger partial charge < -0.3 is 10.7 Å². The van der Waals surface area contributed by atoms with Crippen molar-refractivity contribution >= 4 is 39.5 Å². The first-order valence-electron chi connectivity index (χ1n) is 13.4. The Balaban J connectivity index is 1.51. The average molecular weight is 605 g/mol. The lowest BCUT2D eigenvalue weighted by Crippen LogP contribution is -2.39. The predicted molar refractivity (Wildman–Crippen MR) is 160 cm³/mol. The molecule has 40 heavy (non-hydrogen) atoms. The molecule has 0 aromatic heterocycles. The minimum Gasteiger partial charge on any atom is -0.334 e. The number of hydrazone groups is 1. The highest BCUT2D eigenvalue weighted by Gasteiger charge is 2.20. The summed E-state index contributed by atoms with van der Waals surface area (Å²) in [6, 6.07) is 22.9. The van der Waals surface area contributed by atoms with Gasteiger partial charge in [0.1, 0.15) is 0 Å². The third-order valence-corrected chi connectivity index (χ3v) is 7.79. The third-order valence-electron chi connectivity index (χ3n) is 7.02. The number of amides is 3. The number of urea groups is 1. The van der Waals surface area contributed by atoms with Gasteiger partial charge in [0.05, 0.1) is 6.54 Å². The number of anilines is 1. The Kier molecular flexibility index (Phi) is 10.4. The highest BCUT2D eigenvalue weighted by atomic mass is 79.9. The highest BCUT2D eigenvalue weighted by Crippen LogP contribution is 2.33. The van der Waals surface area contributed by atoms with Crippen molar-refractivity contribution in [3.8, 4) is 0 Å². The van der Waals surface area contributed by atoms with Crippen LogP contribution in [-0.2, 0) is 13.1 Å². The molecule has 0 saturated heterocycles. The fourth-order valence-corrected chi connectivity index (χ4v) is 5.28. The molecule has 10 heteroatoms. The predicted octanol–water partition coefficient (Wildman–Crippen LogP) is 6.66. The highest BCUT2D eigenvalue weighted by molar-refractivity contribution is 9.10. The number of benzene rings is 3. The molecule has 4 N–H and O–H groups in total. The van der Waals surface area contributed by atoms with Crippen LogP contribution < -0.4 is 21.0 Å². The van der Waals surface area contributed by atoms with E-state index < -0.39 is 5.91 Å². The van der Waals surface area contributed by atoms with Crippen molar-refractivity contribution in [2.24, 2.45) is 10.2 Å². The summed E-state index contributed by atoms with van der Waals surface area (Å²) in [5, 5.41) is 12.4. The first-order chi connectivity index (χ1) is 19.5. The Hall–Kier alpha value is -4.05. The van der Waals surface area contributed by atoms with Gasteiger partial charge in [0.15, 0.2) is 0 Å². The van der Waals surface area contributed by atoms with E-state index in [1.165, 1.54) is 37.7 Å².